The Morgan fingerprint density at radius 2 is 1.74 bits per heavy atom. The number of imide groups is 1. The van der Waals surface area contributed by atoms with Gasteiger partial charge in [0.25, 0.3) is 23.3 Å². The van der Waals surface area contributed by atoms with Crippen molar-refractivity contribution in [1.82, 2.24) is 34.6 Å². The molecule has 0 aliphatic carbocycles. The normalized spacial score (nSPS) is 17.1. The van der Waals surface area contributed by atoms with Crippen molar-refractivity contribution in [3.63, 3.8) is 0 Å². The van der Waals surface area contributed by atoms with Crippen LogP contribution in [0.25, 0.3) is 11.4 Å². The zero-order chi connectivity index (χ0) is 44.0. The zero-order valence-electron chi connectivity index (χ0n) is 34.5. The van der Waals surface area contributed by atoms with E-state index in [0.29, 0.717) is 59.2 Å². The number of halogens is 2. The second-order valence-corrected chi connectivity index (χ2v) is 16.8. The highest BCUT2D eigenvalue weighted by molar-refractivity contribution is 6.31. The Balaban J connectivity index is 0.982. The molecule has 5 aromatic rings. The second kappa shape index (κ2) is 17.2. The molecule has 0 spiro atoms. The van der Waals surface area contributed by atoms with Crippen molar-refractivity contribution in [2.75, 3.05) is 18.6 Å². The van der Waals surface area contributed by atoms with Crippen LogP contribution in [0.15, 0.2) is 71.8 Å². The number of piperidine rings is 1. The van der Waals surface area contributed by atoms with Gasteiger partial charge in [0.1, 0.15) is 23.6 Å². The fraction of sp³-hybridized carbons (Fsp3) is 0.333. The number of unbranched alkanes of at least 4 members (excludes halogenated alkanes) is 2. The number of benzene rings is 2. The van der Waals surface area contributed by atoms with E-state index in [1.54, 1.807) is 48.3 Å². The lowest BCUT2D eigenvalue weighted by atomic mass is 9.98. The van der Waals surface area contributed by atoms with E-state index in [4.69, 9.17) is 32.9 Å². The van der Waals surface area contributed by atoms with E-state index in [0.717, 1.165) is 30.4 Å². The molecule has 0 bridgehead atoms. The van der Waals surface area contributed by atoms with Crippen LogP contribution in [0.1, 0.15) is 112 Å². The number of pyridine rings is 2. The molecule has 1 fully saturated rings. The lowest BCUT2D eigenvalue weighted by molar-refractivity contribution is -0.136. The molecule has 62 heavy (non-hydrogen) atoms. The Kier molecular flexibility index (Phi) is 11.8. The summed E-state index contributed by atoms with van der Waals surface area (Å²) in [4.78, 5) is 91.4. The number of aryl methyl sites for hydroxylation is 2. The smallest absolute Gasteiger partial charge is 0.279 e. The molecular formula is C45H44Cl2N8O7. The van der Waals surface area contributed by atoms with Crippen molar-refractivity contribution in [2.24, 2.45) is 7.05 Å². The topological polar surface area (TPSA) is 178 Å². The number of hydrogen-bond acceptors (Lipinski definition) is 9. The summed E-state index contributed by atoms with van der Waals surface area (Å²) in [5.74, 6) is -1.23. The van der Waals surface area contributed by atoms with Gasteiger partial charge in [-0.3, -0.25) is 39.0 Å². The molecule has 320 valence electrons. The van der Waals surface area contributed by atoms with Crippen molar-refractivity contribution in [2.45, 2.75) is 77.0 Å². The summed E-state index contributed by atoms with van der Waals surface area (Å²) in [6.45, 7) is 4.63. The van der Waals surface area contributed by atoms with Gasteiger partial charge < -0.3 is 24.1 Å². The van der Waals surface area contributed by atoms with Gasteiger partial charge in [0.15, 0.2) is 5.69 Å². The third kappa shape index (κ3) is 7.75. The Labute approximate surface area is 367 Å². The molecule has 3 aliphatic rings. The molecule has 15 nitrogen and oxygen atoms in total. The van der Waals surface area contributed by atoms with Gasteiger partial charge in [-0.05, 0) is 86.6 Å². The van der Waals surface area contributed by atoms with Crippen LogP contribution in [-0.2, 0) is 29.6 Å². The van der Waals surface area contributed by atoms with E-state index in [1.807, 2.05) is 30.5 Å². The van der Waals surface area contributed by atoms with Gasteiger partial charge in [-0.1, -0.05) is 53.9 Å². The summed E-state index contributed by atoms with van der Waals surface area (Å²) in [5.41, 5.74) is 4.26. The molecule has 0 saturated carbocycles. The summed E-state index contributed by atoms with van der Waals surface area (Å²) < 4.78 is 8.92. The SMILES string of the molecule is COc1ncc(C(=O)NCCCCCc2cccc3c2CN(C2CCC(=O)NC2=O)C3=O)cc1-c1nc2c(n1C(C)C)[C@H](c1ccc(Cl)cc1)N(c1cc(Cl)cn(C)c1=O)C2=O. The highest BCUT2D eigenvalue weighted by Crippen LogP contribution is 2.45. The minimum Gasteiger partial charge on any atom is -0.480 e. The summed E-state index contributed by atoms with van der Waals surface area (Å²) >= 11 is 12.7. The monoisotopic (exact) mass is 878 g/mol. The molecule has 0 radical (unpaired) electrons. The number of anilines is 1. The molecule has 8 rings (SSSR count). The van der Waals surface area contributed by atoms with E-state index in [1.165, 1.54) is 35.0 Å². The Morgan fingerprint density at radius 1 is 0.968 bits per heavy atom. The van der Waals surface area contributed by atoms with Gasteiger partial charge in [0.2, 0.25) is 17.7 Å². The first-order valence-corrected chi connectivity index (χ1v) is 21.2. The Hall–Kier alpha value is -6.32. The van der Waals surface area contributed by atoms with Gasteiger partial charge >= 0.3 is 0 Å². The molecule has 3 aromatic heterocycles. The van der Waals surface area contributed by atoms with Crippen LogP contribution >= 0.6 is 23.2 Å². The van der Waals surface area contributed by atoms with Crippen molar-refractivity contribution in [1.29, 1.82) is 0 Å². The van der Waals surface area contributed by atoms with E-state index in [9.17, 15) is 28.8 Å². The standard InChI is InChI=1S/C45H44Cl2N8O7/c1-24(2)54-38-36(45(61)55(34-20-29(47)22-52(3)44(34)60)37(38)26-12-14-28(46)15-13-26)51-39(54)31-19-27(21-49-42(31)62-4)40(57)48-18-7-5-6-9-25-10-8-11-30-32(25)23-53(43(30)59)33-16-17-35(56)50-41(33)58/h8,10-15,19-22,24,33,37H,5-7,9,16-18,23H2,1-4H3,(H,48,57)(H,50,56,58)/t33?,37-/m0/s1. The number of carbonyl (C=O) groups excluding carboxylic acids is 5. The molecule has 3 aliphatic heterocycles. The number of fused-ring (bicyclic) bond motifs is 2. The molecule has 1 unspecified atom stereocenters. The average Bonchev–Trinajstić information content (AvgIpc) is 3.89. The Morgan fingerprint density at radius 3 is 2.47 bits per heavy atom. The minimum atomic E-state index is -0.784. The fourth-order valence-electron chi connectivity index (χ4n) is 8.66. The van der Waals surface area contributed by atoms with Crippen LogP contribution in [-0.4, -0.2) is 73.2 Å². The molecule has 17 heteroatoms. The minimum absolute atomic E-state index is 0.0937. The van der Waals surface area contributed by atoms with Crippen molar-refractivity contribution < 1.29 is 28.7 Å². The lowest BCUT2D eigenvalue weighted by Gasteiger charge is -2.29. The fourth-order valence-corrected chi connectivity index (χ4v) is 9.04. The average molecular weight is 880 g/mol. The first-order valence-electron chi connectivity index (χ1n) is 20.4. The second-order valence-electron chi connectivity index (χ2n) is 15.9. The van der Waals surface area contributed by atoms with Crippen LogP contribution in [0.3, 0.4) is 0 Å². The van der Waals surface area contributed by atoms with Gasteiger partial charge in [-0.2, -0.15) is 0 Å². The lowest BCUT2D eigenvalue weighted by Crippen LogP contribution is -2.52. The van der Waals surface area contributed by atoms with Crippen molar-refractivity contribution in [3.8, 4) is 17.3 Å². The van der Waals surface area contributed by atoms with E-state index >= 15 is 0 Å². The number of carbonyl (C=O) groups is 5. The number of methoxy groups -OCH3 is 1. The van der Waals surface area contributed by atoms with Gasteiger partial charge in [0, 0.05) is 55.6 Å². The van der Waals surface area contributed by atoms with Crippen LogP contribution in [0.2, 0.25) is 10.0 Å². The number of nitrogens with zero attached hydrogens (tertiary/aromatic N) is 6. The molecular weight excluding hydrogens is 835 g/mol. The number of aromatic nitrogens is 4. The maximum Gasteiger partial charge on any atom is 0.279 e. The largest absolute Gasteiger partial charge is 0.480 e. The molecule has 6 heterocycles. The van der Waals surface area contributed by atoms with Gasteiger partial charge in [0.05, 0.1) is 29.0 Å². The molecule has 1 saturated heterocycles. The summed E-state index contributed by atoms with van der Waals surface area (Å²) in [7, 11) is 3.04. The molecule has 2 N–H and O–H groups in total. The highest BCUT2D eigenvalue weighted by atomic mass is 35.5. The Bertz CT molecular complexity index is 2710. The third-order valence-corrected chi connectivity index (χ3v) is 12.1. The van der Waals surface area contributed by atoms with E-state index in [-0.39, 0.29) is 58.0 Å². The zero-order valence-corrected chi connectivity index (χ0v) is 36.0. The molecule has 2 aromatic carbocycles. The number of rotatable bonds is 13. The van der Waals surface area contributed by atoms with Gasteiger partial charge in [-0.15, -0.1) is 0 Å². The first kappa shape index (κ1) is 42.4. The number of nitrogens with one attached hydrogen (secondary N) is 2. The van der Waals surface area contributed by atoms with E-state index in [2.05, 4.69) is 15.6 Å². The summed E-state index contributed by atoms with van der Waals surface area (Å²) in [6, 6.07) is 14.1. The quantitative estimate of drug-likeness (QED) is 0.103. The third-order valence-electron chi connectivity index (χ3n) is 11.6. The van der Waals surface area contributed by atoms with Crippen LogP contribution < -0.4 is 25.8 Å². The number of imidazole rings is 1. The molecule has 5 amide bonds. The van der Waals surface area contributed by atoms with Crippen LogP contribution in [0, 0.1) is 0 Å². The van der Waals surface area contributed by atoms with Crippen molar-refractivity contribution >= 4 is 58.4 Å². The number of hydrogen-bond donors (Lipinski definition) is 2. The van der Waals surface area contributed by atoms with E-state index < -0.39 is 29.5 Å². The number of amides is 5. The predicted octanol–water partition coefficient (Wildman–Crippen LogP) is 6.19. The van der Waals surface area contributed by atoms with Crippen LogP contribution in [0.5, 0.6) is 5.88 Å². The molecule has 2 atom stereocenters. The van der Waals surface area contributed by atoms with Gasteiger partial charge in [-0.25, -0.2) is 9.97 Å². The van der Waals surface area contributed by atoms with Crippen molar-refractivity contribution in [3.05, 3.63) is 127 Å². The number of ether oxygens (including phenoxy) is 1. The summed E-state index contributed by atoms with van der Waals surface area (Å²) in [5, 5.41) is 6.12. The van der Waals surface area contributed by atoms with Crippen LogP contribution in [0.4, 0.5) is 5.69 Å². The predicted molar refractivity (Wildman–Crippen MR) is 232 cm³/mol. The summed E-state index contributed by atoms with van der Waals surface area (Å²) in [6.07, 6.45) is 6.46. The maximum absolute atomic E-state index is 14.5. The maximum atomic E-state index is 14.5. The highest BCUT2D eigenvalue weighted by Gasteiger charge is 2.46. The first-order chi connectivity index (χ1) is 29.8.